The molecule has 1 aliphatic heterocycles. The number of ether oxygens (including phenoxy) is 1. The molecule has 4 atom stereocenters. The van der Waals surface area contributed by atoms with Crippen LogP contribution in [0.2, 0.25) is 0 Å². The highest BCUT2D eigenvalue weighted by Gasteiger charge is 2.60. The summed E-state index contributed by atoms with van der Waals surface area (Å²) in [4.78, 5) is 48.7. The maximum atomic E-state index is 12.6. The highest BCUT2D eigenvalue weighted by Crippen LogP contribution is 2.56. The van der Waals surface area contributed by atoms with Gasteiger partial charge in [-0.2, -0.15) is 0 Å². The Kier molecular flexibility index (Phi) is 5.69. The first-order valence-corrected chi connectivity index (χ1v) is 10.5. The number of unbranched alkanes of at least 4 members (excludes halogenated alkanes) is 2. The largest absolute Gasteiger partial charge is 0.449 e. The monoisotopic (exact) mass is 415 g/mol. The number of imide groups is 1. The zero-order chi connectivity index (χ0) is 21.3. The molecule has 0 spiro atoms. The molecule has 3 amide bonds. The van der Waals surface area contributed by atoms with Gasteiger partial charge >= 0.3 is 6.09 Å². The summed E-state index contributed by atoms with van der Waals surface area (Å²) >= 11 is 0. The second-order valence-corrected chi connectivity index (χ2v) is 8.34. The number of non-ortho nitro benzene ring substituents is 1. The van der Waals surface area contributed by atoms with Crippen LogP contribution in [0, 0.1) is 33.8 Å². The molecule has 1 heterocycles. The summed E-state index contributed by atoms with van der Waals surface area (Å²) in [5.41, 5.74) is 0.177. The summed E-state index contributed by atoms with van der Waals surface area (Å²) in [5, 5.41) is 13.2. The molecule has 3 fully saturated rings. The van der Waals surface area contributed by atoms with Gasteiger partial charge in [-0.05, 0) is 56.4 Å². The molecule has 9 heteroatoms. The number of nitrogens with one attached hydrogen (secondary N) is 1. The van der Waals surface area contributed by atoms with Crippen LogP contribution in [-0.4, -0.2) is 40.9 Å². The maximum absolute atomic E-state index is 12.6. The van der Waals surface area contributed by atoms with E-state index in [1.807, 2.05) is 0 Å². The lowest BCUT2D eigenvalue weighted by molar-refractivity contribution is -0.384. The fraction of sp³-hybridized carbons (Fsp3) is 0.571. The molecule has 9 nitrogen and oxygen atoms in total. The van der Waals surface area contributed by atoms with E-state index in [2.05, 4.69) is 5.32 Å². The molecule has 1 N–H and O–H groups in total. The summed E-state index contributed by atoms with van der Waals surface area (Å²) in [6, 6.07) is 5.62. The van der Waals surface area contributed by atoms with E-state index in [4.69, 9.17) is 4.74 Å². The van der Waals surface area contributed by atoms with Crippen LogP contribution in [0.25, 0.3) is 0 Å². The first-order chi connectivity index (χ1) is 14.5. The van der Waals surface area contributed by atoms with Gasteiger partial charge in [0.2, 0.25) is 11.8 Å². The molecule has 1 aromatic carbocycles. The second-order valence-electron chi connectivity index (χ2n) is 8.34. The van der Waals surface area contributed by atoms with E-state index in [0.29, 0.717) is 36.9 Å². The Hall–Kier alpha value is -2.97. The molecule has 4 rings (SSSR count). The van der Waals surface area contributed by atoms with Crippen LogP contribution in [0.15, 0.2) is 24.3 Å². The van der Waals surface area contributed by atoms with Crippen LogP contribution in [0.3, 0.4) is 0 Å². The van der Waals surface area contributed by atoms with E-state index in [0.717, 1.165) is 25.7 Å². The van der Waals surface area contributed by atoms with Gasteiger partial charge < -0.3 is 4.74 Å². The average Bonchev–Trinajstić information content (AvgIpc) is 3.40. The minimum absolute atomic E-state index is 0.0183. The van der Waals surface area contributed by atoms with Crippen LogP contribution >= 0.6 is 0 Å². The third kappa shape index (κ3) is 3.88. The highest BCUT2D eigenvalue weighted by molar-refractivity contribution is 6.06. The Bertz CT molecular complexity index is 844. The summed E-state index contributed by atoms with van der Waals surface area (Å²) in [5.74, 6) is 0.697. The molecule has 30 heavy (non-hydrogen) atoms. The van der Waals surface area contributed by atoms with Crippen LogP contribution in [-0.2, 0) is 14.3 Å². The fourth-order valence-electron chi connectivity index (χ4n) is 5.26. The molecule has 1 saturated heterocycles. The molecular formula is C21H25N3O6. The Balaban J connectivity index is 1.14. The first kappa shape index (κ1) is 20.3. The van der Waals surface area contributed by atoms with Crippen molar-refractivity contribution >= 4 is 29.3 Å². The third-order valence-corrected chi connectivity index (χ3v) is 6.58. The minimum Gasteiger partial charge on any atom is -0.449 e. The number of nitro benzene ring substituents is 1. The molecule has 2 saturated carbocycles. The number of nitro groups is 1. The number of anilines is 1. The lowest BCUT2D eigenvalue weighted by Crippen LogP contribution is -2.33. The number of benzene rings is 1. The molecule has 4 unspecified atom stereocenters. The number of hydrogen-bond acceptors (Lipinski definition) is 6. The van der Waals surface area contributed by atoms with Gasteiger partial charge in [-0.1, -0.05) is 6.07 Å². The second kappa shape index (κ2) is 8.41. The molecule has 0 radical (unpaired) electrons. The van der Waals surface area contributed by atoms with Gasteiger partial charge in [0.25, 0.3) is 5.69 Å². The number of amides is 3. The van der Waals surface area contributed by atoms with Gasteiger partial charge in [0.1, 0.15) is 0 Å². The van der Waals surface area contributed by atoms with Crippen molar-refractivity contribution in [3.8, 4) is 0 Å². The topological polar surface area (TPSA) is 119 Å². The molecule has 160 valence electrons. The molecule has 2 bridgehead atoms. The Morgan fingerprint density at radius 3 is 2.50 bits per heavy atom. The molecule has 0 aromatic heterocycles. The predicted molar refractivity (Wildman–Crippen MR) is 106 cm³/mol. The van der Waals surface area contributed by atoms with Crippen molar-refractivity contribution in [1.82, 2.24) is 4.90 Å². The van der Waals surface area contributed by atoms with Crippen molar-refractivity contribution in [3.05, 3.63) is 34.4 Å². The third-order valence-electron chi connectivity index (χ3n) is 6.58. The van der Waals surface area contributed by atoms with Crippen molar-refractivity contribution in [3.63, 3.8) is 0 Å². The van der Waals surface area contributed by atoms with Crippen molar-refractivity contribution in [2.75, 3.05) is 18.5 Å². The quantitative estimate of drug-likeness (QED) is 0.301. The summed E-state index contributed by atoms with van der Waals surface area (Å²) in [6.45, 7) is 0.627. The number of likely N-dealkylation sites (tertiary alicyclic amines) is 1. The predicted octanol–water partition coefficient (Wildman–Crippen LogP) is 3.34. The normalized spacial score (nSPS) is 26.7. The number of rotatable bonds is 8. The van der Waals surface area contributed by atoms with Gasteiger partial charge in [0.05, 0.1) is 29.1 Å². The number of hydrogen-bond donors (Lipinski definition) is 1. The van der Waals surface area contributed by atoms with Crippen molar-refractivity contribution in [1.29, 1.82) is 0 Å². The van der Waals surface area contributed by atoms with Crippen LogP contribution in [0.4, 0.5) is 16.2 Å². The Morgan fingerprint density at radius 1 is 1.13 bits per heavy atom. The van der Waals surface area contributed by atoms with Crippen molar-refractivity contribution in [2.45, 2.75) is 38.5 Å². The standard InChI is InChI=1S/C21H25N3O6/c25-19-17-13-7-8-14(11-13)18(17)20(26)23(19)9-2-1-3-10-30-21(27)22-15-5-4-6-16(12-15)24(28)29/h4-6,12-14,17-18H,1-3,7-11H2,(H,22,27). The lowest BCUT2D eigenvalue weighted by Gasteiger charge is -2.19. The zero-order valence-electron chi connectivity index (χ0n) is 16.6. The summed E-state index contributed by atoms with van der Waals surface area (Å²) < 4.78 is 5.09. The number of carbonyl (C=O) groups is 3. The lowest BCUT2D eigenvalue weighted by atomic mass is 9.81. The molecule has 1 aromatic rings. The van der Waals surface area contributed by atoms with Crippen LogP contribution in [0.5, 0.6) is 0 Å². The summed E-state index contributed by atoms with van der Waals surface area (Å²) in [6.07, 6.45) is 4.53. The smallest absolute Gasteiger partial charge is 0.411 e. The van der Waals surface area contributed by atoms with Gasteiger partial charge in [-0.15, -0.1) is 0 Å². The molecule has 2 aliphatic carbocycles. The van der Waals surface area contributed by atoms with Crippen molar-refractivity contribution in [2.24, 2.45) is 23.7 Å². The SMILES string of the molecule is O=C(Nc1cccc([N+](=O)[O-])c1)OCCCCCN1C(=O)C2C3CCC(C3)C2C1=O. The van der Waals surface area contributed by atoms with Gasteiger partial charge in [-0.25, -0.2) is 4.79 Å². The van der Waals surface area contributed by atoms with E-state index in [9.17, 15) is 24.5 Å². The number of fused-ring (bicyclic) bond motifs is 5. The van der Waals surface area contributed by atoms with E-state index in [1.165, 1.54) is 23.1 Å². The van der Waals surface area contributed by atoms with E-state index >= 15 is 0 Å². The number of nitrogens with zero attached hydrogens (tertiary/aromatic N) is 2. The minimum atomic E-state index is -0.677. The van der Waals surface area contributed by atoms with E-state index in [-0.39, 0.29) is 35.9 Å². The van der Waals surface area contributed by atoms with Crippen LogP contribution in [0.1, 0.15) is 38.5 Å². The van der Waals surface area contributed by atoms with Crippen LogP contribution < -0.4 is 5.32 Å². The van der Waals surface area contributed by atoms with E-state index < -0.39 is 11.0 Å². The summed E-state index contributed by atoms with van der Waals surface area (Å²) in [7, 11) is 0. The molecular weight excluding hydrogens is 390 g/mol. The van der Waals surface area contributed by atoms with Gasteiger partial charge in [-0.3, -0.25) is 29.9 Å². The number of carbonyl (C=O) groups excluding carboxylic acids is 3. The average molecular weight is 415 g/mol. The van der Waals surface area contributed by atoms with Gasteiger partial charge in [0.15, 0.2) is 0 Å². The van der Waals surface area contributed by atoms with E-state index in [1.54, 1.807) is 6.07 Å². The Labute approximate surface area is 173 Å². The van der Waals surface area contributed by atoms with Gasteiger partial charge in [0, 0.05) is 18.7 Å². The van der Waals surface area contributed by atoms with Crippen molar-refractivity contribution < 1.29 is 24.0 Å². The Morgan fingerprint density at radius 2 is 1.83 bits per heavy atom. The maximum Gasteiger partial charge on any atom is 0.411 e. The molecule has 3 aliphatic rings. The fourth-order valence-corrected chi connectivity index (χ4v) is 5.26. The first-order valence-electron chi connectivity index (χ1n) is 10.5. The zero-order valence-corrected chi connectivity index (χ0v) is 16.6. The highest BCUT2D eigenvalue weighted by atomic mass is 16.6.